The van der Waals surface area contributed by atoms with Gasteiger partial charge in [0.1, 0.15) is 16.7 Å². The maximum atomic E-state index is 9.17. The molecule has 1 aromatic heterocycles. The Kier molecular flexibility index (Phi) is 4.31. The minimum atomic E-state index is 0.600. The molecule has 0 aliphatic rings. The van der Waals surface area contributed by atoms with Crippen LogP contribution in [0.3, 0.4) is 0 Å². The summed E-state index contributed by atoms with van der Waals surface area (Å²) in [6.07, 6.45) is 1.89. The summed E-state index contributed by atoms with van der Waals surface area (Å²) in [7, 11) is 1.67. The van der Waals surface area contributed by atoms with Gasteiger partial charge in [-0.15, -0.1) is 11.3 Å². The molecule has 3 nitrogen and oxygen atoms in total. The Labute approximate surface area is 123 Å². The Morgan fingerprint density at radius 2 is 2.15 bits per heavy atom. The van der Waals surface area contributed by atoms with Crippen molar-refractivity contribution in [3.8, 4) is 22.3 Å². The highest BCUT2D eigenvalue weighted by atomic mass is 32.1. The van der Waals surface area contributed by atoms with E-state index < -0.39 is 0 Å². The first-order chi connectivity index (χ1) is 9.62. The molecule has 0 aliphatic heterocycles. The number of nitrogen functional groups attached to an aromatic ring is 1. The van der Waals surface area contributed by atoms with E-state index in [-0.39, 0.29) is 0 Å². The van der Waals surface area contributed by atoms with Gasteiger partial charge in [-0.25, -0.2) is 0 Å². The standard InChI is InChI=1S/C16H18N2OS/c1-4-5-12-15(18)14(9-17)20-16(12)11-7-6-10(2)13(8-11)19-3/h6-8H,4-5,18H2,1-3H3. The summed E-state index contributed by atoms with van der Waals surface area (Å²) >= 11 is 1.46. The molecule has 104 valence electrons. The van der Waals surface area contributed by atoms with E-state index in [4.69, 9.17) is 10.5 Å². The maximum Gasteiger partial charge on any atom is 0.128 e. The lowest BCUT2D eigenvalue weighted by Gasteiger charge is -2.08. The predicted octanol–water partition coefficient (Wildman–Crippen LogP) is 4.14. The van der Waals surface area contributed by atoms with Crippen LogP contribution < -0.4 is 10.5 Å². The molecule has 20 heavy (non-hydrogen) atoms. The quantitative estimate of drug-likeness (QED) is 0.919. The van der Waals surface area contributed by atoms with Gasteiger partial charge in [-0.3, -0.25) is 0 Å². The summed E-state index contributed by atoms with van der Waals surface area (Å²) in [5, 5.41) is 9.17. The molecule has 4 heteroatoms. The average molecular weight is 286 g/mol. The van der Waals surface area contributed by atoms with E-state index in [0.29, 0.717) is 10.6 Å². The van der Waals surface area contributed by atoms with Gasteiger partial charge in [0.05, 0.1) is 12.8 Å². The number of methoxy groups -OCH3 is 1. The van der Waals surface area contributed by atoms with E-state index in [1.165, 1.54) is 11.3 Å². The highest BCUT2D eigenvalue weighted by Crippen LogP contribution is 2.40. The van der Waals surface area contributed by atoms with E-state index in [0.717, 1.165) is 40.2 Å². The number of thiophene rings is 1. The van der Waals surface area contributed by atoms with Crippen molar-refractivity contribution in [2.75, 3.05) is 12.8 Å². The molecule has 0 saturated carbocycles. The molecule has 1 aromatic carbocycles. The van der Waals surface area contributed by atoms with Crippen LogP contribution >= 0.6 is 11.3 Å². The first-order valence-corrected chi connectivity index (χ1v) is 7.40. The number of benzene rings is 1. The van der Waals surface area contributed by atoms with E-state index >= 15 is 0 Å². The van der Waals surface area contributed by atoms with Gasteiger partial charge in [0.15, 0.2) is 0 Å². The fraction of sp³-hybridized carbons (Fsp3) is 0.312. The first kappa shape index (κ1) is 14.4. The van der Waals surface area contributed by atoms with Crippen LogP contribution in [0.25, 0.3) is 10.4 Å². The van der Waals surface area contributed by atoms with Gasteiger partial charge in [0, 0.05) is 4.88 Å². The Morgan fingerprint density at radius 3 is 2.75 bits per heavy atom. The van der Waals surface area contributed by atoms with Crippen molar-refractivity contribution >= 4 is 17.0 Å². The van der Waals surface area contributed by atoms with Crippen LogP contribution in [0.2, 0.25) is 0 Å². The van der Waals surface area contributed by atoms with Gasteiger partial charge in [-0.2, -0.15) is 5.26 Å². The normalized spacial score (nSPS) is 10.3. The zero-order chi connectivity index (χ0) is 14.7. The molecule has 0 spiro atoms. The van der Waals surface area contributed by atoms with Gasteiger partial charge < -0.3 is 10.5 Å². The monoisotopic (exact) mass is 286 g/mol. The Bertz CT molecular complexity index is 668. The fourth-order valence-corrected chi connectivity index (χ4v) is 3.32. The lowest BCUT2D eigenvalue weighted by molar-refractivity contribution is 0.412. The number of nitrogens with zero attached hydrogens (tertiary/aromatic N) is 1. The van der Waals surface area contributed by atoms with E-state index in [1.807, 2.05) is 19.1 Å². The lowest BCUT2D eigenvalue weighted by Crippen LogP contribution is -1.93. The summed E-state index contributed by atoms with van der Waals surface area (Å²) in [5.41, 5.74) is 9.97. The summed E-state index contributed by atoms with van der Waals surface area (Å²) in [4.78, 5) is 1.68. The van der Waals surface area contributed by atoms with Gasteiger partial charge >= 0.3 is 0 Å². The molecule has 0 unspecified atom stereocenters. The SMILES string of the molecule is CCCc1c(-c2ccc(C)c(OC)c2)sc(C#N)c1N. The van der Waals surface area contributed by atoms with Crippen LogP contribution in [0.5, 0.6) is 5.75 Å². The van der Waals surface area contributed by atoms with E-state index in [1.54, 1.807) is 7.11 Å². The van der Waals surface area contributed by atoms with Gasteiger partial charge in [0.25, 0.3) is 0 Å². The Hall–Kier alpha value is -1.99. The molecule has 0 radical (unpaired) electrons. The zero-order valence-corrected chi connectivity index (χ0v) is 12.8. The second kappa shape index (κ2) is 5.98. The Balaban J connectivity index is 2.60. The summed E-state index contributed by atoms with van der Waals surface area (Å²) < 4.78 is 5.38. The van der Waals surface area contributed by atoms with Gasteiger partial charge in [0.2, 0.25) is 0 Å². The third-order valence-corrected chi connectivity index (χ3v) is 4.52. The van der Waals surface area contributed by atoms with Crippen molar-refractivity contribution in [3.05, 3.63) is 34.2 Å². The molecule has 0 bridgehead atoms. The van der Waals surface area contributed by atoms with Crippen molar-refractivity contribution < 1.29 is 4.74 Å². The van der Waals surface area contributed by atoms with E-state index in [2.05, 4.69) is 19.1 Å². The van der Waals surface area contributed by atoms with Crippen molar-refractivity contribution in [1.29, 1.82) is 5.26 Å². The predicted molar refractivity (Wildman–Crippen MR) is 84.2 cm³/mol. The molecule has 2 rings (SSSR count). The number of anilines is 1. The average Bonchev–Trinajstić information content (AvgIpc) is 2.77. The number of rotatable bonds is 4. The number of nitriles is 1. The molecule has 0 atom stereocenters. The zero-order valence-electron chi connectivity index (χ0n) is 12.0. The topological polar surface area (TPSA) is 59.0 Å². The van der Waals surface area contributed by atoms with Gasteiger partial charge in [-0.05, 0) is 36.1 Å². The minimum absolute atomic E-state index is 0.600. The lowest BCUT2D eigenvalue weighted by atomic mass is 10.0. The number of aryl methyl sites for hydroxylation is 1. The second-order valence-corrected chi connectivity index (χ2v) is 5.72. The molecule has 2 N–H and O–H groups in total. The Morgan fingerprint density at radius 1 is 1.40 bits per heavy atom. The van der Waals surface area contributed by atoms with Gasteiger partial charge in [-0.1, -0.05) is 25.5 Å². The number of ether oxygens (including phenoxy) is 1. The molecule has 0 amide bonds. The van der Waals surface area contributed by atoms with Crippen LogP contribution in [-0.4, -0.2) is 7.11 Å². The van der Waals surface area contributed by atoms with Crippen molar-refractivity contribution in [1.82, 2.24) is 0 Å². The summed E-state index contributed by atoms with van der Waals surface area (Å²) in [6, 6.07) is 8.29. The number of hydrogen-bond acceptors (Lipinski definition) is 4. The van der Waals surface area contributed by atoms with E-state index in [9.17, 15) is 5.26 Å². The highest BCUT2D eigenvalue weighted by Gasteiger charge is 2.17. The fourth-order valence-electron chi connectivity index (χ4n) is 2.25. The highest BCUT2D eigenvalue weighted by molar-refractivity contribution is 7.16. The molecule has 0 fully saturated rings. The third kappa shape index (κ3) is 2.50. The molecular weight excluding hydrogens is 268 g/mol. The molecule has 0 saturated heterocycles. The molecule has 2 aromatic rings. The first-order valence-electron chi connectivity index (χ1n) is 6.58. The maximum absolute atomic E-state index is 9.17. The van der Waals surface area contributed by atoms with Crippen LogP contribution in [0.1, 0.15) is 29.3 Å². The molecule has 0 aliphatic carbocycles. The minimum Gasteiger partial charge on any atom is -0.496 e. The van der Waals surface area contributed by atoms with Crippen LogP contribution in [-0.2, 0) is 6.42 Å². The van der Waals surface area contributed by atoms with Crippen LogP contribution in [0.15, 0.2) is 18.2 Å². The van der Waals surface area contributed by atoms with Crippen molar-refractivity contribution in [2.24, 2.45) is 0 Å². The van der Waals surface area contributed by atoms with Crippen molar-refractivity contribution in [3.63, 3.8) is 0 Å². The van der Waals surface area contributed by atoms with Crippen molar-refractivity contribution in [2.45, 2.75) is 26.7 Å². The van der Waals surface area contributed by atoms with Crippen LogP contribution in [0.4, 0.5) is 5.69 Å². The summed E-state index contributed by atoms with van der Waals surface area (Å²) in [5.74, 6) is 0.857. The molecule has 1 heterocycles. The second-order valence-electron chi connectivity index (χ2n) is 4.70. The summed E-state index contributed by atoms with van der Waals surface area (Å²) in [6.45, 7) is 4.13. The largest absolute Gasteiger partial charge is 0.496 e. The smallest absolute Gasteiger partial charge is 0.128 e. The third-order valence-electron chi connectivity index (χ3n) is 3.32. The number of hydrogen-bond donors (Lipinski definition) is 1. The molecular formula is C16H18N2OS. The number of nitrogens with two attached hydrogens (primary N) is 1. The van der Waals surface area contributed by atoms with Crippen LogP contribution in [0, 0.1) is 18.3 Å².